The van der Waals surface area contributed by atoms with Crippen molar-refractivity contribution in [3.8, 4) is 0 Å². The number of nitrogens with one attached hydrogen (secondary N) is 3. The summed E-state index contributed by atoms with van der Waals surface area (Å²) in [7, 11) is 1.34. The third-order valence-corrected chi connectivity index (χ3v) is 5.44. The Morgan fingerprint density at radius 3 is 2.25 bits per heavy atom. The van der Waals surface area contributed by atoms with Crippen LogP contribution in [-0.2, 0) is 28.8 Å². The van der Waals surface area contributed by atoms with E-state index in [4.69, 9.17) is 0 Å². The first-order chi connectivity index (χ1) is 14.9. The summed E-state index contributed by atoms with van der Waals surface area (Å²) in [5, 5.41) is 7.12. The van der Waals surface area contributed by atoms with Gasteiger partial charge in [-0.3, -0.25) is 28.9 Å². The third kappa shape index (κ3) is 9.01. The molecule has 1 aliphatic heterocycles. The molecule has 0 aromatic heterocycles. The van der Waals surface area contributed by atoms with Crippen molar-refractivity contribution in [3.05, 3.63) is 0 Å². The Morgan fingerprint density at radius 2 is 1.72 bits per heavy atom. The lowest BCUT2D eigenvalue weighted by atomic mass is 10.0. The summed E-state index contributed by atoms with van der Waals surface area (Å²) < 4.78 is 0. The van der Waals surface area contributed by atoms with E-state index in [0.29, 0.717) is 25.8 Å². The molecule has 0 saturated carbocycles. The van der Waals surface area contributed by atoms with Crippen molar-refractivity contribution in [1.82, 2.24) is 20.9 Å². The van der Waals surface area contributed by atoms with E-state index in [0.717, 1.165) is 0 Å². The Kier molecular flexibility index (Phi) is 11.5. The number of hydrogen-bond acceptors (Lipinski definition) is 7. The molecule has 3 atom stereocenters. The molecule has 1 fully saturated rings. The second kappa shape index (κ2) is 13.2. The molecule has 178 valence electrons. The average molecular weight is 468 g/mol. The predicted molar refractivity (Wildman–Crippen MR) is 124 cm³/mol. The van der Waals surface area contributed by atoms with Crippen LogP contribution < -0.4 is 16.0 Å². The maximum atomic E-state index is 12.5. The normalized spacial score (nSPS) is 17.8. The minimum atomic E-state index is -0.854. The van der Waals surface area contributed by atoms with E-state index < -0.39 is 29.1 Å². The largest absolute Gasteiger partial charge is 0.348 e. The van der Waals surface area contributed by atoms with Gasteiger partial charge in [-0.25, -0.2) is 0 Å². The number of rotatable bonds is 13. The Balaban J connectivity index is 2.39. The van der Waals surface area contributed by atoms with Crippen LogP contribution in [0.25, 0.3) is 0 Å². The molecule has 1 rings (SSSR count). The van der Waals surface area contributed by atoms with E-state index in [-0.39, 0.29) is 48.7 Å². The summed E-state index contributed by atoms with van der Waals surface area (Å²) in [6, 6.07) is -1.66. The average Bonchev–Trinajstić information content (AvgIpc) is 2.95. The van der Waals surface area contributed by atoms with Crippen molar-refractivity contribution in [2.45, 2.75) is 70.2 Å². The van der Waals surface area contributed by atoms with Gasteiger partial charge in [0, 0.05) is 19.4 Å². The number of thiol groups is 1. The van der Waals surface area contributed by atoms with E-state index in [1.54, 1.807) is 13.8 Å². The van der Waals surface area contributed by atoms with Crippen molar-refractivity contribution in [2.24, 2.45) is 5.92 Å². The van der Waals surface area contributed by atoms with Gasteiger partial charge >= 0.3 is 0 Å². The Morgan fingerprint density at radius 1 is 1.06 bits per heavy atom. The first-order valence-electron chi connectivity index (χ1n) is 10.8. The van der Waals surface area contributed by atoms with E-state index in [1.807, 2.05) is 0 Å². The van der Waals surface area contributed by atoms with Crippen LogP contribution in [0.15, 0.2) is 0 Å². The topological polar surface area (TPSA) is 142 Å². The fraction of sp³-hybridized carbons (Fsp3) is 0.700. The molecule has 0 aromatic rings. The SMILES string of the molecule is BC(=O)CNC(=O)[C@H](C)NC(=O)C(NC(=O)CCCCCN1C(=O)CC(S)C1=O)C(C)C. The molecule has 0 radical (unpaired) electrons. The first-order valence-corrected chi connectivity index (χ1v) is 11.3. The van der Waals surface area contributed by atoms with E-state index in [9.17, 15) is 28.8 Å². The Hall–Kier alpha value is -2.37. The highest BCUT2D eigenvalue weighted by Gasteiger charge is 2.35. The van der Waals surface area contributed by atoms with Crippen molar-refractivity contribution in [1.29, 1.82) is 0 Å². The highest BCUT2D eigenvalue weighted by molar-refractivity contribution is 7.81. The molecule has 0 bridgehead atoms. The number of imide groups is 1. The zero-order chi connectivity index (χ0) is 24.4. The maximum absolute atomic E-state index is 12.5. The Labute approximate surface area is 194 Å². The second-order valence-electron chi connectivity index (χ2n) is 8.35. The van der Waals surface area contributed by atoms with Crippen LogP contribution in [0.5, 0.6) is 0 Å². The molecule has 0 aromatic carbocycles. The van der Waals surface area contributed by atoms with Crippen molar-refractivity contribution >= 4 is 55.7 Å². The number of amides is 5. The quantitative estimate of drug-likeness (QED) is 0.113. The van der Waals surface area contributed by atoms with Crippen LogP contribution in [0.1, 0.15) is 52.9 Å². The van der Waals surface area contributed by atoms with Crippen LogP contribution in [0.2, 0.25) is 0 Å². The number of unbranched alkanes of at least 4 members (excludes halogenated alkanes) is 2. The summed E-state index contributed by atoms with van der Waals surface area (Å²) >= 11 is 4.08. The third-order valence-electron chi connectivity index (χ3n) is 5.03. The highest BCUT2D eigenvalue weighted by Crippen LogP contribution is 2.18. The molecule has 10 nitrogen and oxygen atoms in total. The summed E-state index contributed by atoms with van der Waals surface area (Å²) in [6.45, 7) is 5.27. The van der Waals surface area contributed by atoms with Crippen molar-refractivity contribution < 1.29 is 28.8 Å². The first kappa shape index (κ1) is 27.7. The molecule has 1 heterocycles. The van der Waals surface area contributed by atoms with Crippen LogP contribution in [0, 0.1) is 5.92 Å². The van der Waals surface area contributed by atoms with Gasteiger partial charge in [0.15, 0.2) is 7.85 Å². The molecule has 1 saturated heterocycles. The van der Waals surface area contributed by atoms with Gasteiger partial charge in [0.2, 0.25) is 29.5 Å². The van der Waals surface area contributed by atoms with Crippen LogP contribution >= 0.6 is 12.6 Å². The summed E-state index contributed by atoms with van der Waals surface area (Å²) in [4.78, 5) is 72.5. The zero-order valence-electron chi connectivity index (χ0n) is 19.1. The van der Waals surface area contributed by atoms with Crippen LogP contribution in [0.3, 0.4) is 0 Å². The summed E-state index contributed by atoms with van der Waals surface area (Å²) in [5.74, 6) is -1.95. The fourth-order valence-electron chi connectivity index (χ4n) is 3.15. The van der Waals surface area contributed by atoms with Crippen molar-refractivity contribution in [3.63, 3.8) is 0 Å². The maximum Gasteiger partial charge on any atom is 0.243 e. The van der Waals surface area contributed by atoms with Crippen LogP contribution in [0.4, 0.5) is 0 Å². The smallest absolute Gasteiger partial charge is 0.243 e. The number of carbonyl (C=O) groups is 6. The van der Waals surface area contributed by atoms with Gasteiger partial charge < -0.3 is 20.7 Å². The standard InChI is InChI=1S/C20H33BN4O6S/c1-11(2)17(19(30)23-12(3)18(29)22-10-14(21)26)24-15(27)7-5-4-6-8-25-16(28)9-13(32)20(25)31/h11-13,17,32H,4-10,21H2,1-3H3,(H,22,29)(H,23,30)(H,24,27)/t12-,13?,17?/m0/s1. The monoisotopic (exact) mass is 468 g/mol. The molecular weight excluding hydrogens is 435 g/mol. The number of hydrogen-bond donors (Lipinski definition) is 4. The van der Waals surface area contributed by atoms with Gasteiger partial charge in [-0.1, -0.05) is 20.3 Å². The molecule has 0 aliphatic carbocycles. The van der Waals surface area contributed by atoms with E-state index in [2.05, 4.69) is 28.6 Å². The molecule has 5 amide bonds. The highest BCUT2D eigenvalue weighted by atomic mass is 32.1. The van der Waals surface area contributed by atoms with Gasteiger partial charge in [-0.2, -0.15) is 12.6 Å². The van der Waals surface area contributed by atoms with Gasteiger partial charge in [-0.15, -0.1) is 0 Å². The fourth-order valence-corrected chi connectivity index (χ4v) is 3.44. The van der Waals surface area contributed by atoms with Gasteiger partial charge in [0.05, 0.1) is 11.8 Å². The second-order valence-corrected chi connectivity index (χ2v) is 8.98. The molecule has 2 unspecified atom stereocenters. The number of carbonyl (C=O) groups excluding carboxylic acids is 6. The van der Waals surface area contributed by atoms with Gasteiger partial charge in [-0.05, 0) is 25.7 Å². The summed E-state index contributed by atoms with van der Waals surface area (Å²) in [6.07, 6.45) is 2.10. The molecule has 32 heavy (non-hydrogen) atoms. The molecule has 3 N–H and O–H groups in total. The van der Waals surface area contributed by atoms with E-state index >= 15 is 0 Å². The predicted octanol–water partition coefficient (Wildman–Crippen LogP) is -1.47. The summed E-state index contributed by atoms with van der Waals surface area (Å²) in [5.41, 5.74) is -0.200. The van der Waals surface area contributed by atoms with Crippen LogP contribution in [-0.4, -0.2) is 78.4 Å². The number of likely N-dealkylation sites (tertiary alicyclic amines) is 1. The van der Waals surface area contributed by atoms with E-state index in [1.165, 1.54) is 19.7 Å². The number of nitrogens with zero attached hydrogens (tertiary/aromatic N) is 1. The molecule has 1 aliphatic rings. The lowest BCUT2D eigenvalue weighted by Crippen LogP contribution is -2.54. The molecular formula is C20H33BN4O6S. The van der Waals surface area contributed by atoms with Gasteiger partial charge in [0.1, 0.15) is 17.8 Å². The lowest BCUT2D eigenvalue weighted by Gasteiger charge is -2.23. The minimum absolute atomic E-state index is 0.112. The zero-order valence-corrected chi connectivity index (χ0v) is 20.0. The van der Waals surface area contributed by atoms with Gasteiger partial charge in [0.25, 0.3) is 0 Å². The molecule has 0 spiro atoms. The lowest BCUT2D eigenvalue weighted by molar-refractivity contribution is -0.138. The Bertz CT molecular complexity index is 748. The van der Waals surface area contributed by atoms with Crippen molar-refractivity contribution in [2.75, 3.05) is 13.1 Å². The molecule has 12 heteroatoms. The minimum Gasteiger partial charge on any atom is -0.348 e.